The molecule has 0 saturated carbocycles. The highest BCUT2D eigenvalue weighted by Crippen LogP contribution is 2.36. The molecule has 0 spiro atoms. The van der Waals surface area contributed by atoms with Crippen molar-refractivity contribution in [2.75, 3.05) is 20.8 Å². The van der Waals surface area contributed by atoms with Crippen molar-refractivity contribution in [3.8, 4) is 17.2 Å². The van der Waals surface area contributed by atoms with Gasteiger partial charge in [-0.2, -0.15) is 5.10 Å². The molecule has 0 atom stereocenters. The first-order valence-electron chi connectivity index (χ1n) is 10.3. The fraction of sp³-hybridized carbons (Fsp3) is 0.440. The van der Waals surface area contributed by atoms with E-state index in [2.05, 4.69) is 57.3 Å². The molecule has 1 N–H and O–H groups in total. The van der Waals surface area contributed by atoms with Crippen molar-refractivity contribution in [3.63, 3.8) is 0 Å². The summed E-state index contributed by atoms with van der Waals surface area (Å²) in [6.45, 7) is 11.1. The van der Waals surface area contributed by atoms with Gasteiger partial charge in [-0.25, -0.2) is 5.43 Å². The van der Waals surface area contributed by atoms with Crippen LogP contribution in [0.3, 0.4) is 0 Å². The van der Waals surface area contributed by atoms with E-state index in [1.54, 1.807) is 32.4 Å². The number of ether oxygens (including phenoxy) is 3. The molecule has 168 valence electrons. The van der Waals surface area contributed by atoms with Crippen molar-refractivity contribution < 1.29 is 19.0 Å². The molecular weight excluding hydrogens is 392 g/mol. The van der Waals surface area contributed by atoms with E-state index >= 15 is 0 Å². The van der Waals surface area contributed by atoms with Crippen molar-refractivity contribution in [2.45, 2.75) is 46.5 Å². The number of hydrazone groups is 1. The van der Waals surface area contributed by atoms with E-state index in [1.807, 2.05) is 12.1 Å². The van der Waals surface area contributed by atoms with Crippen molar-refractivity contribution in [2.24, 2.45) is 10.5 Å². The van der Waals surface area contributed by atoms with Crippen molar-refractivity contribution >= 4 is 12.1 Å². The molecule has 0 saturated heterocycles. The Morgan fingerprint density at radius 3 is 2.19 bits per heavy atom. The van der Waals surface area contributed by atoms with Crippen LogP contribution in [0.2, 0.25) is 0 Å². The van der Waals surface area contributed by atoms with Crippen molar-refractivity contribution in [1.82, 2.24) is 5.43 Å². The number of hydrogen-bond acceptors (Lipinski definition) is 5. The number of hydrogen-bond donors (Lipinski definition) is 1. The van der Waals surface area contributed by atoms with E-state index < -0.39 is 0 Å². The van der Waals surface area contributed by atoms with Gasteiger partial charge in [0.15, 0.2) is 6.61 Å². The molecular formula is C25H34N2O4. The number of amides is 1. The summed E-state index contributed by atoms with van der Waals surface area (Å²) in [5.74, 6) is 1.59. The zero-order chi connectivity index (χ0) is 23.1. The SMILES string of the molecule is COc1ccc(OC)c(/C=N\NC(=O)COc2ccc(C(C)(C)CC(C)(C)C)cc2)c1. The number of benzene rings is 2. The molecule has 0 aliphatic carbocycles. The van der Waals surface area contributed by atoms with Gasteiger partial charge in [0, 0.05) is 5.56 Å². The van der Waals surface area contributed by atoms with Gasteiger partial charge >= 0.3 is 0 Å². The monoisotopic (exact) mass is 426 g/mol. The Bertz CT molecular complexity index is 897. The average molecular weight is 427 g/mol. The van der Waals surface area contributed by atoms with E-state index in [1.165, 1.54) is 11.8 Å². The lowest BCUT2D eigenvalue weighted by molar-refractivity contribution is -0.123. The first-order chi connectivity index (χ1) is 14.5. The van der Waals surface area contributed by atoms with Gasteiger partial charge in [-0.3, -0.25) is 4.79 Å². The van der Waals surface area contributed by atoms with Crippen LogP contribution in [0, 0.1) is 5.41 Å². The molecule has 0 aromatic heterocycles. The minimum atomic E-state index is -0.352. The summed E-state index contributed by atoms with van der Waals surface area (Å²) in [6, 6.07) is 13.3. The Morgan fingerprint density at radius 2 is 1.61 bits per heavy atom. The Hall–Kier alpha value is -3.02. The van der Waals surface area contributed by atoms with Gasteiger partial charge in [0.25, 0.3) is 5.91 Å². The molecule has 0 aliphatic heterocycles. The predicted molar refractivity (Wildman–Crippen MR) is 124 cm³/mol. The Labute approximate surface area is 185 Å². The van der Waals surface area contributed by atoms with Crippen molar-refractivity contribution in [1.29, 1.82) is 0 Å². The van der Waals surface area contributed by atoms with Gasteiger partial charge in [-0.05, 0) is 53.1 Å². The molecule has 0 heterocycles. The number of methoxy groups -OCH3 is 2. The van der Waals surface area contributed by atoms with Gasteiger partial charge < -0.3 is 14.2 Å². The summed E-state index contributed by atoms with van der Waals surface area (Å²) in [7, 11) is 3.15. The lowest BCUT2D eigenvalue weighted by atomic mass is 9.72. The standard InChI is InChI=1S/C25H34N2O4/c1-24(2,3)17-25(4,5)19-8-10-20(11-9-19)31-16-23(28)27-26-15-18-14-21(29-6)12-13-22(18)30-7/h8-15H,16-17H2,1-7H3,(H,27,28)/b26-15-. The van der Waals surface area contributed by atoms with Gasteiger partial charge in [0.1, 0.15) is 17.2 Å². The van der Waals surface area contributed by atoms with Crippen LogP contribution in [-0.2, 0) is 10.2 Å². The maximum absolute atomic E-state index is 12.1. The normalized spacial score (nSPS) is 12.0. The molecule has 2 rings (SSSR count). The summed E-state index contributed by atoms with van der Waals surface area (Å²) in [5, 5.41) is 3.98. The van der Waals surface area contributed by atoms with E-state index in [0.29, 0.717) is 22.8 Å². The van der Waals surface area contributed by atoms with Crippen molar-refractivity contribution in [3.05, 3.63) is 53.6 Å². The van der Waals surface area contributed by atoms with Crippen LogP contribution in [0.25, 0.3) is 0 Å². The fourth-order valence-corrected chi connectivity index (χ4v) is 3.73. The first kappa shape index (κ1) is 24.3. The van der Waals surface area contributed by atoms with E-state index in [4.69, 9.17) is 14.2 Å². The maximum Gasteiger partial charge on any atom is 0.277 e. The van der Waals surface area contributed by atoms with Crippen LogP contribution in [0.15, 0.2) is 47.6 Å². The third-order valence-electron chi connectivity index (χ3n) is 4.81. The van der Waals surface area contributed by atoms with Crippen LogP contribution >= 0.6 is 0 Å². The van der Waals surface area contributed by atoms with Gasteiger partial charge in [0.2, 0.25) is 0 Å². The second kappa shape index (κ2) is 10.3. The van der Waals surface area contributed by atoms with Gasteiger partial charge in [-0.15, -0.1) is 0 Å². The second-order valence-electron chi connectivity index (χ2n) is 9.34. The Kier molecular flexibility index (Phi) is 8.08. The molecule has 6 heteroatoms. The maximum atomic E-state index is 12.1. The highest BCUT2D eigenvalue weighted by Gasteiger charge is 2.27. The van der Waals surface area contributed by atoms with Crippen LogP contribution < -0.4 is 19.6 Å². The molecule has 0 radical (unpaired) electrons. The number of carbonyl (C=O) groups is 1. The largest absolute Gasteiger partial charge is 0.497 e. The molecule has 0 bridgehead atoms. The van der Waals surface area contributed by atoms with E-state index in [9.17, 15) is 4.79 Å². The Balaban J connectivity index is 1.90. The smallest absolute Gasteiger partial charge is 0.277 e. The summed E-state index contributed by atoms with van der Waals surface area (Å²) in [4.78, 5) is 12.1. The summed E-state index contributed by atoms with van der Waals surface area (Å²) >= 11 is 0. The molecule has 1 amide bonds. The highest BCUT2D eigenvalue weighted by molar-refractivity contribution is 5.86. The highest BCUT2D eigenvalue weighted by atomic mass is 16.5. The predicted octanol–water partition coefficient (Wildman–Crippen LogP) is 4.95. The third-order valence-corrected chi connectivity index (χ3v) is 4.81. The summed E-state index contributed by atoms with van der Waals surface area (Å²) in [6.07, 6.45) is 2.57. The zero-order valence-corrected chi connectivity index (χ0v) is 19.6. The second-order valence-corrected chi connectivity index (χ2v) is 9.34. The van der Waals surface area contributed by atoms with Crippen LogP contribution in [-0.4, -0.2) is 32.9 Å². The number of carbonyl (C=O) groups excluding carboxylic acids is 1. The van der Waals surface area contributed by atoms with Crippen LogP contribution in [0.1, 0.15) is 52.2 Å². The molecule has 2 aromatic rings. The first-order valence-corrected chi connectivity index (χ1v) is 10.3. The number of nitrogens with one attached hydrogen (secondary N) is 1. The molecule has 0 unspecified atom stereocenters. The summed E-state index contributed by atoms with van der Waals surface area (Å²) in [5.41, 5.74) is 4.70. The minimum Gasteiger partial charge on any atom is -0.497 e. The van der Waals surface area contributed by atoms with Crippen LogP contribution in [0.4, 0.5) is 0 Å². The van der Waals surface area contributed by atoms with Crippen LogP contribution in [0.5, 0.6) is 17.2 Å². The zero-order valence-electron chi connectivity index (χ0n) is 19.6. The molecule has 6 nitrogen and oxygen atoms in total. The number of nitrogens with zero attached hydrogens (tertiary/aromatic N) is 1. The lowest BCUT2D eigenvalue weighted by Crippen LogP contribution is -2.25. The molecule has 0 aliphatic rings. The average Bonchev–Trinajstić information content (AvgIpc) is 2.70. The quantitative estimate of drug-likeness (QED) is 0.455. The summed E-state index contributed by atoms with van der Waals surface area (Å²) < 4.78 is 16.1. The molecule has 2 aromatic carbocycles. The topological polar surface area (TPSA) is 69.2 Å². The number of rotatable bonds is 9. The minimum absolute atomic E-state index is 0.0596. The molecule has 31 heavy (non-hydrogen) atoms. The third kappa shape index (κ3) is 7.63. The van der Waals surface area contributed by atoms with Gasteiger partial charge in [0.05, 0.1) is 20.4 Å². The Morgan fingerprint density at radius 1 is 0.968 bits per heavy atom. The molecule has 0 fully saturated rings. The van der Waals surface area contributed by atoms with Gasteiger partial charge in [-0.1, -0.05) is 46.8 Å². The fourth-order valence-electron chi connectivity index (χ4n) is 3.73. The van der Waals surface area contributed by atoms with E-state index in [0.717, 1.165) is 6.42 Å². The van der Waals surface area contributed by atoms with E-state index in [-0.39, 0.29) is 23.3 Å². The lowest BCUT2D eigenvalue weighted by Gasteiger charge is -2.33.